The van der Waals surface area contributed by atoms with E-state index in [1.807, 2.05) is 39.0 Å². The van der Waals surface area contributed by atoms with Gasteiger partial charge in [-0.2, -0.15) is 4.98 Å². The maximum atomic E-state index is 12.4. The summed E-state index contributed by atoms with van der Waals surface area (Å²) < 4.78 is 11.1. The van der Waals surface area contributed by atoms with Gasteiger partial charge in [-0.3, -0.25) is 10.1 Å². The van der Waals surface area contributed by atoms with Crippen LogP contribution in [0.3, 0.4) is 0 Å². The number of carbonyl (C=O) groups excluding carboxylic acids is 1. The molecule has 0 spiro atoms. The van der Waals surface area contributed by atoms with E-state index < -0.39 is 10.5 Å². The first kappa shape index (κ1) is 28.7. The third-order valence-corrected chi connectivity index (χ3v) is 6.33. The van der Waals surface area contributed by atoms with Gasteiger partial charge in [0.25, 0.3) is 5.69 Å². The smallest absolute Gasteiger partial charge is 0.410 e. The van der Waals surface area contributed by atoms with Gasteiger partial charge in [-0.25, -0.2) is 9.78 Å². The van der Waals surface area contributed by atoms with Crippen molar-refractivity contribution >= 4 is 46.5 Å². The maximum Gasteiger partial charge on any atom is 0.410 e. The lowest BCUT2D eigenvalue weighted by Crippen LogP contribution is -2.50. The van der Waals surface area contributed by atoms with Gasteiger partial charge in [-0.05, 0) is 38.5 Å². The van der Waals surface area contributed by atoms with E-state index in [0.29, 0.717) is 60.0 Å². The van der Waals surface area contributed by atoms with Crippen molar-refractivity contribution in [1.82, 2.24) is 14.9 Å². The lowest BCUT2D eigenvalue weighted by atomic mass is 10.2. The van der Waals surface area contributed by atoms with Gasteiger partial charge in [0.05, 0.1) is 23.9 Å². The molecule has 2 aromatic carbocycles. The van der Waals surface area contributed by atoms with Crippen molar-refractivity contribution in [2.75, 3.05) is 48.8 Å². The number of anilines is 4. The van der Waals surface area contributed by atoms with Crippen LogP contribution in [0.1, 0.15) is 26.3 Å². The van der Waals surface area contributed by atoms with Crippen LogP contribution in [0.25, 0.3) is 0 Å². The summed E-state index contributed by atoms with van der Waals surface area (Å²) in [7, 11) is 1.58. The zero-order chi connectivity index (χ0) is 28.9. The topological polar surface area (TPSA) is 135 Å². The number of non-ortho nitro benzene ring substituents is 1. The van der Waals surface area contributed by atoms with Gasteiger partial charge < -0.3 is 29.9 Å². The Balaban J connectivity index is 1.41. The Morgan fingerprint density at radius 3 is 2.58 bits per heavy atom. The number of rotatable bonds is 8. The molecule has 0 radical (unpaired) electrons. The predicted molar refractivity (Wildman–Crippen MR) is 154 cm³/mol. The molecular formula is C27H32ClN7O5. The number of nitro benzene ring substituents is 1. The second-order valence-corrected chi connectivity index (χ2v) is 10.5. The SMILES string of the molecule is COc1cc(N2CCN(C(=O)OC(C)(C)C)CC2)ccc1Nc1ncc(Cl)c(NCc2cccc([N+](=O)[O-])c2)n1. The van der Waals surface area contributed by atoms with E-state index in [1.165, 1.54) is 18.3 Å². The molecule has 2 heterocycles. The fourth-order valence-corrected chi connectivity index (χ4v) is 4.25. The van der Waals surface area contributed by atoms with Gasteiger partial charge >= 0.3 is 6.09 Å². The Kier molecular flexibility index (Phi) is 8.78. The highest BCUT2D eigenvalue weighted by Gasteiger charge is 2.26. The molecule has 1 amide bonds. The van der Waals surface area contributed by atoms with Crippen molar-refractivity contribution < 1.29 is 19.2 Å². The predicted octanol–water partition coefficient (Wildman–Crippen LogP) is 5.46. The van der Waals surface area contributed by atoms with Crippen LogP contribution in [0.5, 0.6) is 5.75 Å². The van der Waals surface area contributed by atoms with E-state index in [4.69, 9.17) is 21.1 Å². The van der Waals surface area contributed by atoms with Crippen molar-refractivity contribution in [3.63, 3.8) is 0 Å². The number of nitrogens with one attached hydrogen (secondary N) is 2. The van der Waals surface area contributed by atoms with Crippen LogP contribution >= 0.6 is 11.6 Å². The van der Waals surface area contributed by atoms with Crippen molar-refractivity contribution in [3.05, 3.63) is 69.4 Å². The highest BCUT2D eigenvalue weighted by atomic mass is 35.5. The Morgan fingerprint density at radius 2 is 1.90 bits per heavy atom. The molecule has 1 aliphatic rings. The van der Waals surface area contributed by atoms with E-state index in [1.54, 1.807) is 24.1 Å². The van der Waals surface area contributed by atoms with Crippen LogP contribution in [0.15, 0.2) is 48.7 Å². The standard InChI is InChI=1S/C27H32ClN7O5/c1-27(2,3)40-26(36)34-12-10-33(11-13-34)19-8-9-22(23(15-19)39-4)31-25-30-17-21(28)24(32-25)29-16-18-6-5-7-20(14-18)35(37)38/h5-9,14-15,17H,10-13,16H2,1-4H3,(H2,29,30,31,32). The number of methoxy groups -OCH3 is 1. The van der Waals surface area contributed by atoms with Crippen LogP contribution in [-0.4, -0.2) is 64.8 Å². The first-order chi connectivity index (χ1) is 19.0. The number of hydrogen-bond donors (Lipinski definition) is 2. The lowest BCUT2D eigenvalue weighted by Gasteiger charge is -2.37. The molecule has 2 N–H and O–H groups in total. The Bertz CT molecular complexity index is 1370. The summed E-state index contributed by atoms with van der Waals surface area (Å²) in [5.74, 6) is 1.27. The highest BCUT2D eigenvalue weighted by molar-refractivity contribution is 6.32. The van der Waals surface area contributed by atoms with Crippen molar-refractivity contribution in [3.8, 4) is 5.75 Å². The first-order valence-electron chi connectivity index (χ1n) is 12.7. The van der Waals surface area contributed by atoms with E-state index in [2.05, 4.69) is 25.5 Å². The molecule has 0 aliphatic carbocycles. The molecule has 1 fully saturated rings. The van der Waals surface area contributed by atoms with Gasteiger partial charge in [0.2, 0.25) is 5.95 Å². The Hall–Kier alpha value is -4.32. The van der Waals surface area contributed by atoms with Gasteiger partial charge in [0, 0.05) is 56.6 Å². The summed E-state index contributed by atoms with van der Waals surface area (Å²) in [5, 5.41) is 17.6. The molecule has 40 heavy (non-hydrogen) atoms. The van der Waals surface area contributed by atoms with Gasteiger partial charge in [0.1, 0.15) is 16.4 Å². The number of aromatic nitrogens is 2. The molecule has 1 aromatic heterocycles. The Labute approximate surface area is 237 Å². The molecule has 0 unspecified atom stereocenters. The number of piperazine rings is 1. The van der Waals surface area contributed by atoms with E-state index in [0.717, 1.165) is 5.69 Å². The Morgan fingerprint density at radius 1 is 1.15 bits per heavy atom. The molecule has 1 saturated heterocycles. The zero-order valence-electron chi connectivity index (χ0n) is 22.8. The molecule has 0 atom stereocenters. The molecule has 4 rings (SSSR count). The normalized spacial score (nSPS) is 13.5. The second-order valence-electron chi connectivity index (χ2n) is 10.1. The first-order valence-corrected chi connectivity index (χ1v) is 13.1. The number of benzene rings is 2. The number of halogens is 1. The van der Waals surface area contributed by atoms with Crippen LogP contribution in [0, 0.1) is 10.1 Å². The number of hydrogen-bond acceptors (Lipinski definition) is 10. The molecule has 3 aromatic rings. The lowest BCUT2D eigenvalue weighted by molar-refractivity contribution is -0.384. The number of ether oxygens (including phenoxy) is 2. The molecule has 0 saturated carbocycles. The monoisotopic (exact) mass is 569 g/mol. The third-order valence-electron chi connectivity index (χ3n) is 6.05. The highest BCUT2D eigenvalue weighted by Crippen LogP contribution is 2.32. The summed E-state index contributed by atoms with van der Waals surface area (Å²) in [6, 6.07) is 12.1. The van der Waals surface area contributed by atoms with E-state index in [-0.39, 0.29) is 18.3 Å². The largest absolute Gasteiger partial charge is 0.494 e. The van der Waals surface area contributed by atoms with Crippen LogP contribution < -0.4 is 20.3 Å². The molecule has 212 valence electrons. The minimum Gasteiger partial charge on any atom is -0.494 e. The fourth-order valence-electron chi connectivity index (χ4n) is 4.09. The van der Waals surface area contributed by atoms with E-state index >= 15 is 0 Å². The second kappa shape index (κ2) is 12.2. The minimum absolute atomic E-state index is 0.0101. The van der Waals surface area contributed by atoms with Crippen LogP contribution in [0.4, 0.5) is 33.6 Å². The summed E-state index contributed by atoms with van der Waals surface area (Å²) >= 11 is 6.29. The summed E-state index contributed by atoms with van der Waals surface area (Å²) in [5.41, 5.74) is 1.81. The molecule has 1 aliphatic heterocycles. The zero-order valence-corrected chi connectivity index (χ0v) is 23.6. The van der Waals surface area contributed by atoms with Crippen LogP contribution in [0.2, 0.25) is 5.02 Å². The minimum atomic E-state index is -0.528. The molecule has 12 nitrogen and oxygen atoms in total. The van der Waals surface area contributed by atoms with Crippen molar-refractivity contribution in [1.29, 1.82) is 0 Å². The summed E-state index contributed by atoms with van der Waals surface area (Å²) in [4.78, 5) is 35.6. The third kappa shape index (κ3) is 7.41. The summed E-state index contributed by atoms with van der Waals surface area (Å²) in [6.07, 6.45) is 1.17. The average Bonchev–Trinajstić information content (AvgIpc) is 2.93. The average molecular weight is 570 g/mol. The van der Waals surface area contributed by atoms with Gasteiger partial charge in [0.15, 0.2) is 5.82 Å². The number of nitro groups is 1. The van der Waals surface area contributed by atoms with Crippen LogP contribution in [-0.2, 0) is 11.3 Å². The van der Waals surface area contributed by atoms with Gasteiger partial charge in [-0.15, -0.1) is 0 Å². The maximum absolute atomic E-state index is 12.4. The number of carbonyl (C=O) groups is 1. The number of amides is 1. The summed E-state index contributed by atoms with van der Waals surface area (Å²) in [6.45, 7) is 8.30. The molecular weight excluding hydrogens is 538 g/mol. The molecule has 0 bridgehead atoms. The van der Waals surface area contributed by atoms with Gasteiger partial charge in [-0.1, -0.05) is 23.7 Å². The fraction of sp³-hybridized carbons (Fsp3) is 0.370. The van der Waals surface area contributed by atoms with Crippen molar-refractivity contribution in [2.24, 2.45) is 0 Å². The van der Waals surface area contributed by atoms with E-state index in [9.17, 15) is 14.9 Å². The van der Waals surface area contributed by atoms with Crippen molar-refractivity contribution in [2.45, 2.75) is 32.9 Å². The quantitative estimate of drug-likeness (QED) is 0.266. The molecule has 13 heteroatoms. The number of nitrogens with zero attached hydrogens (tertiary/aromatic N) is 5.